The summed E-state index contributed by atoms with van der Waals surface area (Å²) in [7, 11) is 0. The second-order valence-electron chi connectivity index (χ2n) is 7.90. The van der Waals surface area contributed by atoms with Gasteiger partial charge in [-0.05, 0) is 42.9 Å². The van der Waals surface area contributed by atoms with Crippen LogP contribution in [0.15, 0.2) is 42.6 Å². The zero-order valence-electron chi connectivity index (χ0n) is 15.6. The summed E-state index contributed by atoms with van der Waals surface area (Å²) >= 11 is 11.8. The zero-order chi connectivity index (χ0) is 20.5. The van der Waals surface area contributed by atoms with Crippen molar-refractivity contribution in [3.8, 4) is 11.6 Å². The highest BCUT2D eigenvalue weighted by Crippen LogP contribution is 2.68. The first-order valence-corrected chi connectivity index (χ1v) is 10.1. The zero-order valence-corrected chi connectivity index (χ0v) is 17.1. The minimum absolute atomic E-state index is 0.00299. The molecule has 1 heterocycles. The number of aromatic nitrogens is 1. The summed E-state index contributed by atoms with van der Waals surface area (Å²) in [5, 5.41) is 3.87. The molecule has 3 fully saturated rings. The highest BCUT2D eigenvalue weighted by molar-refractivity contribution is 6.42. The maximum absolute atomic E-state index is 12.3. The van der Waals surface area contributed by atoms with Crippen LogP contribution in [0, 0.1) is 5.41 Å². The first-order valence-electron chi connectivity index (χ1n) is 9.32. The van der Waals surface area contributed by atoms with Gasteiger partial charge >= 0.3 is 0 Å². The van der Waals surface area contributed by atoms with Gasteiger partial charge in [0.15, 0.2) is 12.4 Å². The molecule has 1 amide bonds. The fourth-order valence-electron chi connectivity index (χ4n) is 4.42. The first-order chi connectivity index (χ1) is 13.9. The van der Waals surface area contributed by atoms with E-state index in [-0.39, 0.29) is 35.9 Å². The molecule has 8 heteroatoms. The molecular formula is C21H20Cl2N2O4. The van der Waals surface area contributed by atoms with Crippen molar-refractivity contribution in [1.29, 1.82) is 0 Å². The SMILES string of the molecule is O=C(COc1ccc(Cl)c(Cl)c1)CC12CC(NC(=O)COc3ccccn3)(C1)C2. The minimum atomic E-state index is -0.185. The van der Waals surface area contributed by atoms with Crippen molar-refractivity contribution < 1.29 is 19.1 Å². The standard InChI is InChI=1S/C21H20Cl2N2O4/c22-16-5-4-15(7-17(16)23)28-9-14(26)8-20-11-21(12-20,13-20)25-18(27)10-29-19-3-1-2-6-24-19/h1-7H,8-13H2,(H,25,27). The lowest BCUT2D eigenvalue weighted by molar-refractivity contribution is -0.173. The van der Waals surface area contributed by atoms with Crippen LogP contribution in [-0.2, 0) is 9.59 Å². The maximum Gasteiger partial charge on any atom is 0.258 e. The van der Waals surface area contributed by atoms with Crippen LogP contribution < -0.4 is 14.8 Å². The summed E-state index contributed by atoms with van der Waals surface area (Å²) in [6.45, 7) is -0.0703. The van der Waals surface area contributed by atoms with Gasteiger partial charge in [-0.25, -0.2) is 4.98 Å². The predicted molar refractivity (Wildman–Crippen MR) is 108 cm³/mol. The molecule has 3 aliphatic carbocycles. The van der Waals surface area contributed by atoms with Gasteiger partial charge < -0.3 is 14.8 Å². The van der Waals surface area contributed by atoms with Gasteiger partial charge in [0.25, 0.3) is 5.91 Å². The highest BCUT2D eigenvalue weighted by Gasteiger charge is 2.68. The molecule has 5 rings (SSSR count). The Balaban J connectivity index is 1.17. The van der Waals surface area contributed by atoms with Crippen molar-refractivity contribution in [1.82, 2.24) is 10.3 Å². The predicted octanol–water partition coefficient (Wildman–Crippen LogP) is 3.84. The lowest BCUT2D eigenvalue weighted by Crippen LogP contribution is -2.75. The van der Waals surface area contributed by atoms with Gasteiger partial charge in [-0.2, -0.15) is 0 Å². The number of hydrogen-bond acceptors (Lipinski definition) is 5. The lowest BCUT2D eigenvalue weighted by atomic mass is 9.38. The number of Topliss-reactive ketones (excluding diaryl/α,β-unsaturated/α-hetero) is 1. The Hall–Kier alpha value is -2.31. The Morgan fingerprint density at radius 2 is 1.83 bits per heavy atom. The van der Waals surface area contributed by atoms with Gasteiger partial charge in [0.05, 0.1) is 10.0 Å². The summed E-state index contributed by atoms with van der Waals surface area (Å²) in [6, 6.07) is 10.2. The number of hydrogen-bond donors (Lipinski definition) is 1. The molecule has 6 nitrogen and oxygen atoms in total. The normalized spacial score (nSPS) is 24.1. The number of nitrogens with one attached hydrogen (secondary N) is 1. The summed E-state index contributed by atoms with van der Waals surface area (Å²) in [6.07, 6.45) is 4.51. The topological polar surface area (TPSA) is 77.5 Å². The fourth-order valence-corrected chi connectivity index (χ4v) is 4.71. The van der Waals surface area contributed by atoms with Crippen LogP contribution >= 0.6 is 23.2 Å². The van der Waals surface area contributed by atoms with Crippen LogP contribution in [0.5, 0.6) is 11.6 Å². The van der Waals surface area contributed by atoms with Gasteiger partial charge in [0.2, 0.25) is 5.88 Å². The number of benzene rings is 1. The molecule has 0 spiro atoms. The maximum atomic E-state index is 12.3. The Bertz CT molecular complexity index is 916. The van der Waals surface area contributed by atoms with Crippen LogP contribution in [0.1, 0.15) is 25.7 Å². The number of carbonyl (C=O) groups is 2. The van der Waals surface area contributed by atoms with Crippen molar-refractivity contribution >= 4 is 34.9 Å². The van der Waals surface area contributed by atoms with Crippen LogP contribution in [0.25, 0.3) is 0 Å². The Labute approximate surface area is 178 Å². The van der Waals surface area contributed by atoms with Crippen molar-refractivity contribution in [2.45, 2.75) is 31.2 Å². The molecule has 0 atom stereocenters. The van der Waals surface area contributed by atoms with Crippen LogP contribution in [0.4, 0.5) is 0 Å². The molecule has 152 valence electrons. The molecular weight excluding hydrogens is 415 g/mol. The van der Waals surface area contributed by atoms with Crippen molar-refractivity contribution in [2.24, 2.45) is 5.41 Å². The first kappa shape index (κ1) is 20.0. The smallest absolute Gasteiger partial charge is 0.258 e. The highest BCUT2D eigenvalue weighted by atomic mass is 35.5. The monoisotopic (exact) mass is 434 g/mol. The average molecular weight is 435 g/mol. The average Bonchev–Trinajstić information content (AvgIpc) is 2.65. The third-order valence-electron chi connectivity index (χ3n) is 5.40. The molecule has 29 heavy (non-hydrogen) atoms. The molecule has 3 saturated carbocycles. The fraction of sp³-hybridized carbons (Fsp3) is 0.381. The van der Waals surface area contributed by atoms with E-state index < -0.39 is 0 Å². The van der Waals surface area contributed by atoms with E-state index in [4.69, 9.17) is 32.7 Å². The Morgan fingerprint density at radius 3 is 2.52 bits per heavy atom. The number of carbonyl (C=O) groups excluding carboxylic acids is 2. The number of pyridine rings is 1. The van der Waals surface area contributed by atoms with E-state index in [0.717, 1.165) is 19.3 Å². The van der Waals surface area contributed by atoms with E-state index in [1.54, 1.807) is 42.6 Å². The Kier molecular flexibility index (Phi) is 5.40. The van der Waals surface area contributed by atoms with Gasteiger partial charge in [-0.1, -0.05) is 29.3 Å². The van der Waals surface area contributed by atoms with Crippen LogP contribution in [0.2, 0.25) is 10.0 Å². The molecule has 0 saturated heterocycles. The third kappa shape index (κ3) is 4.49. The number of nitrogens with zero attached hydrogens (tertiary/aromatic N) is 1. The molecule has 0 unspecified atom stereocenters. The molecule has 0 radical (unpaired) electrons. The molecule has 2 bridgehead atoms. The van der Waals surface area contributed by atoms with E-state index in [2.05, 4.69) is 10.3 Å². The van der Waals surface area contributed by atoms with E-state index in [1.165, 1.54) is 0 Å². The number of rotatable bonds is 9. The number of ether oxygens (including phenoxy) is 2. The summed E-state index contributed by atoms with van der Waals surface area (Å²) in [4.78, 5) is 28.4. The van der Waals surface area contributed by atoms with Gasteiger partial charge in [-0.3, -0.25) is 9.59 Å². The van der Waals surface area contributed by atoms with Gasteiger partial charge in [0.1, 0.15) is 12.4 Å². The number of ketones is 1. The molecule has 1 N–H and O–H groups in total. The molecule has 1 aromatic heterocycles. The second-order valence-corrected chi connectivity index (χ2v) is 8.71. The summed E-state index contributed by atoms with van der Waals surface area (Å²) in [5.74, 6) is 0.804. The van der Waals surface area contributed by atoms with Gasteiger partial charge in [0, 0.05) is 30.3 Å². The number of halogens is 2. The molecule has 3 aliphatic rings. The lowest BCUT2D eigenvalue weighted by Gasteiger charge is -2.70. The second kappa shape index (κ2) is 7.84. The van der Waals surface area contributed by atoms with E-state index in [0.29, 0.717) is 28.1 Å². The van der Waals surface area contributed by atoms with Crippen molar-refractivity contribution in [2.75, 3.05) is 13.2 Å². The molecule has 0 aliphatic heterocycles. The minimum Gasteiger partial charge on any atom is -0.486 e. The molecule has 2 aromatic rings. The summed E-state index contributed by atoms with van der Waals surface area (Å²) < 4.78 is 10.9. The van der Waals surface area contributed by atoms with E-state index in [9.17, 15) is 9.59 Å². The van der Waals surface area contributed by atoms with E-state index in [1.807, 2.05) is 0 Å². The summed E-state index contributed by atoms with van der Waals surface area (Å²) in [5.41, 5.74) is -0.192. The number of amides is 1. The quantitative estimate of drug-likeness (QED) is 0.648. The largest absolute Gasteiger partial charge is 0.486 e. The Morgan fingerprint density at radius 1 is 1.03 bits per heavy atom. The van der Waals surface area contributed by atoms with Crippen LogP contribution in [0.3, 0.4) is 0 Å². The van der Waals surface area contributed by atoms with E-state index >= 15 is 0 Å². The molecule has 1 aromatic carbocycles. The van der Waals surface area contributed by atoms with Crippen LogP contribution in [-0.4, -0.2) is 35.4 Å². The van der Waals surface area contributed by atoms with Gasteiger partial charge in [-0.15, -0.1) is 0 Å². The van der Waals surface area contributed by atoms with Crippen molar-refractivity contribution in [3.05, 3.63) is 52.6 Å². The van der Waals surface area contributed by atoms with Crippen molar-refractivity contribution in [3.63, 3.8) is 0 Å². The third-order valence-corrected chi connectivity index (χ3v) is 6.14.